The van der Waals surface area contributed by atoms with Gasteiger partial charge in [-0.2, -0.15) is 0 Å². The smallest absolute Gasteiger partial charge is 0.328 e. The van der Waals surface area contributed by atoms with Crippen molar-refractivity contribution in [2.24, 2.45) is 0 Å². The minimum Gasteiger partial charge on any atom is -0.478 e. The quantitative estimate of drug-likeness (QED) is 0.839. The van der Waals surface area contributed by atoms with Crippen molar-refractivity contribution in [2.75, 3.05) is 13.1 Å². The number of carboxylic acid groups (broad SMARTS) is 1. The maximum Gasteiger partial charge on any atom is 0.328 e. The van der Waals surface area contributed by atoms with E-state index < -0.39 is 5.97 Å². The molecule has 1 fully saturated rings. The van der Waals surface area contributed by atoms with Gasteiger partial charge >= 0.3 is 5.97 Å². The number of halogens is 1. The van der Waals surface area contributed by atoms with Crippen LogP contribution in [0.25, 0.3) is 6.08 Å². The van der Waals surface area contributed by atoms with E-state index in [9.17, 15) is 9.59 Å². The lowest BCUT2D eigenvalue weighted by Crippen LogP contribution is -2.45. The van der Waals surface area contributed by atoms with Crippen molar-refractivity contribution in [3.05, 3.63) is 40.4 Å². The van der Waals surface area contributed by atoms with Crippen LogP contribution in [0.3, 0.4) is 0 Å². The zero-order chi connectivity index (χ0) is 15.2. The van der Waals surface area contributed by atoms with E-state index in [-0.39, 0.29) is 5.91 Å². The van der Waals surface area contributed by atoms with E-state index in [1.165, 1.54) is 12.5 Å². The van der Waals surface area contributed by atoms with Crippen LogP contribution in [0.1, 0.15) is 35.2 Å². The summed E-state index contributed by atoms with van der Waals surface area (Å²) in [5.41, 5.74) is 3.88. The molecule has 0 atom stereocenters. The fourth-order valence-corrected chi connectivity index (χ4v) is 2.42. The molecule has 1 aromatic rings. The van der Waals surface area contributed by atoms with Crippen LogP contribution in [0.4, 0.5) is 0 Å². The topological polar surface area (TPSA) is 69.6 Å². The van der Waals surface area contributed by atoms with Crippen molar-refractivity contribution < 1.29 is 14.7 Å². The molecule has 1 heterocycles. The SMILES string of the molecule is O=C(O)/C=C/c1ccc(C(=O)NN2CCCCC2)cc1Cl. The molecule has 0 saturated carbocycles. The summed E-state index contributed by atoms with van der Waals surface area (Å²) in [6, 6.07) is 4.81. The van der Waals surface area contributed by atoms with Gasteiger partial charge in [0.25, 0.3) is 5.91 Å². The lowest BCUT2D eigenvalue weighted by atomic mass is 10.1. The number of carbonyl (C=O) groups excluding carboxylic acids is 1. The Bertz CT molecular complexity index is 566. The number of nitrogens with one attached hydrogen (secondary N) is 1. The Morgan fingerprint density at radius 1 is 1.24 bits per heavy atom. The minimum atomic E-state index is -1.04. The van der Waals surface area contributed by atoms with E-state index in [1.807, 2.05) is 5.01 Å². The molecule has 1 aliphatic rings. The zero-order valence-electron chi connectivity index (χ0n) is 11.5. The largest absolute Gasteiger partial charge is 0.478 e. The number of piperidine rings is 1. The first-order chi connectivity index (χ1) is 10.1. The fraction of sp³-hybridized carbons (Fsp3) is 0.333. The highest BCUT2D eigenvalue weighted by Crippen LogP contribution is 2.19. The molecule has 5 nitrogen and oxygen atoms in total. The van der Waals surface area contributed by atoms with Crippen molar-refractivity contribution >= 4 is 29.6 Å². The van der Waals surface area contributed by atoms with Gasteiger partial charge in [-0.3, -0.25) is 10.2 Å². The van der Waals surface area contributed by atoms with E-state index in [1.54, 1.807) is 18.2 Å². The highest BCUT2D eigenvalue weighted by Gasteiger charge is 2.14. The second kappa shape index (κ2) is 7.24. The molecule has 0 aromatic heterocycles. The van der Waals surface area contributed by atoms with Crippen molar-refractivity contribution in [1.82, 2.24) is 10.4 Å². The van der Waals surface area contributed by atoms with Crippen LogP contribution in [0, 0.1) is 0 Å². The average Bonchev–Trinajstić information content (AvgIpc) is 2.46. The molecule has 0 aliphatic carbocycles. The average molecular weight is 309 g/mol. The number of hydrazine groups is 1. The summed E-state index contributed by atoms with van der Waals surface area (Å²) in [6.07, 6.45) is 5.77. The third kappa shape index (κ3) is 4.58. The molecule has 1 amide bonds. The predicted octanol–water partition coefficient (Wildman–Crippen LogP) is 2.57. The number of amides is 1. The number of rotatable bonds is 4. The minimum absolute atomic E-state index is 0.201. The molecule has 21 heavy (non-hydrogen) atoms. The third-order valence-corrected chi connectivity index (χ3v) is 3.61. The van der Waals surface area contributed by atoms with Gasteiger partial charge in [0.05, 0.1) is 0 Å². The summed E-state index contributed by atoms with van der Waals surface area (Å²) in [6.45, 7) is 1.72. The Morgan fingerprint density at radius 3 is 2.57 bits per heavy atom. The number of hydrogen-bond donors (Lipinski definition) is 2. The Morgan fingerprint density at radius 2 is 1.95 bits per heavy atom. The van der Waals surface area contributed by atoms with Crippen molar-refractivity contribution in [3.63, 3.8) is 0 Å². The van der Waals surface area contributed by atoms with Gasteiger partial charge in [-0.25, -0.2) is 9.80 Å². The van der Waals surface area contributed by atoms with Gasteiger partial charge in [-0.15, -0.1) is 0 Å². The number of aliphatic carboxylic acids is 1. The van der Waals surface area contributed by atoms with Crippen molar-refractivity contribution in [3.8, 4) is 0 Å². The lowest BCUT2D eigenvalue weighted by Gasteiger charge is -2.26. The first-order valence-corrected chi connectivity index (χ1v) is 7.20. The first-order valence-electron chi connectivity index (χ1n) is 6.83. The fourth-order valence-electron chi connectivity index (χ4n) is 2.18. The Kier molecular flexibility index (Phi) is 5.36. The molecule has 0 spiro atoms. The van der Waals surface area contributed by atoms with Crippen LogP contribution in [-0.2, 0) is 4.79 Å². The van der Waals surface area contributed by atoms with Crippen LogP contribution >= 0.6 is 11.6 Å². The maximum absolute atomic E-state index is 12.1. The molecule has 0 bridgehead atoms. The number of nitrogens with zero attached hydrogens (tertiary/aromatic N) is 1. The second-order valence-electron chi connectivity index (χ2n) is 4.90. The molecule has 1 aliphatic heterocycles. The van der Waals surface area contributed by atoms with E-state index in [4.69, 9.17) is 16.7 Å². The third-order valence-electron chi connectivity index (χ3n) is 3.28. The highest BCUT2D eigenvalue weighted by atomic mass is 35.5. The highest BCUT2D eigenvalue weighted by molar-refractivity contribution is 6.32. The predicted molar refractivity (Wildman–Crippen MR) is 81.0 cm³/mol. The zero-order valence-corrected chi connectivity index (χ0v) is 12.3. The van der Waals surface area contributed by atoms with E-state index in [2.05, 4.69) is 5.43 Å². The van der Waals surface area contributed by atoms with Crippen LogP contribution in [0.15, 0.2) is 24.3 Å². The molecule has 0 radical (unpaired) electrons. The summed E-state index contributed by atoms with van der Waals surface area (Å²) in [7, 11) is 0. The molecular formula is C15H17ClN2O3. The van der Waals surface area contributed by atoms with Crippen molar-refractivity contribution in [2.45, 2.75) is 19.3 Å². The lowest BCUT2D eigenvalue weighted by molar-refractivity contribution is -0.131. The Hall–Kier alpha value is -1.85. The van der Waals surface area contributed by atoms with Gasteiger partial charge in [0.15, 0.2) is 0 Å². The molecule has 112 valence electrons. The van der Waals surface area contributed by atoms with Crippen LogP contribution in [0.2, 0.25) is 5.02 Å². The van der Waals surface area contributed by atoms with E-state index in [0.717, 1.165) is 32.0 Å². The van der Waals surface area contributed by atoms with Crippen LogP contribution in [-0.4, -0.2) is 35.1 Å². The standard InChI is InChI=1S/C15H17ClN2O3/c16-13-10-12(5-4-11(13)6-7-14(19)20)15(21)17-18-8-2-1-3-9-18/h4-7,10H,1-3,8-9H2,(H,17,21)(H,19,20)/b7-6+. The van der Waals surface area contributed by atoms with Gasteiger partial charge in [-0.05, 0) is 36.6 Å². The van der Waals surface area contributed by atoms with Crippen LogP contribution < -0.4 is 5.43 Å². The van der Waals surface area contributed by atoms with Gasteiger partial charge in [-0.1, -0.05) is 24.1 Å². The summed E-state index contributed by atoms with van der Waals surface area (Å²) in [4.78, 5) is 22.6. The molecule has 1 aromatic carbocycles. The van der Waals surface area contributed by atoms with Crippen molar-refractivity contribution in [1.29, 1.82) is 0 Å². The van der Waals surface area contributed by atoms with Gasteiger partial charge < -0.3 is 5.11 Å². The Balaban J connectivity index is 2.04. The molecule has 2 N–H and O–H groups in total. The number of carboxylic acids is 1. The molecular weight excluding hydrogens is 292 g/mol. The van der Waals surface area contributed by atoms with E-state index in [0.29, 0.717) is 16.1 Å². The summed E-state index contributed by atoms with van der Waals surface area (Å²) >= 11 is 6.06. The molecule has 2 rings (SSSR count). The summed E-state index contributed by atoms with van der Waals surface area (Å²) < 4.78 is 0. The molecule has 6 heteroatoms. The first kappa shape index (κ1) is 15.5. The number of hydrogen-bond acceptors (Lipinski definition) is 3. The molecule has 1 saturated heterocycles. The number of benzene rings is 1. The molecule has 0 unspecified atom stereocenters. The Labute approximate surface area is 128 Å². The van der Waals surface area contributed by atoms with E-state index >= 15 is 0 Å². The van der Waals surface area contributed by atoms with Crippen LogP contribution in [0.5, 0.6) is 0 Å². The van der Waals surface area contributed by atoms with Gasteiger partial charge in [0.2, 0.25) is 0 Å². The monoisotopic (exact) mass is 308 g/mol. The van der Waals surface area contributed by atoms with Gasteiger partial charge in [0.1, 0.15) is 0 Å². The normalized spacial score (nSPS) is 16.0. The summed E-state index contributed by atoms with van der Waals surface area (Å²) in [5, 5.41) is 10.9. The second-order valence-corrected chi connectivity index (χ2v) is 5.30. The summed E-state index contributed by atoms with van der Waals surface area (Å²) in [5.74, 6) is -1.24. The van der Waals surface area contributed by atoms with Gasteiger partial charge in [0, 0.05) is 29.8 Å². The maximum atomic E-state index is 12.1. The number of carbonyl (C=O) groups is 2.